The van der Waals surface area contributed by atoms with Gasteiger partial charge in [-0.1, -0.05) is 18.5 Å². The van der Waals surface area contributed by atoms with Crippen molar-refractivity contribution in [2.24, 2.45) is 10.9 Å². The maximum Gasteiger partial charge on any atom is 0.253 e. The second kappa shape index (κ2) is 8.84. The molecule has 0 spiro atoms. The molecule has 0 fully saturated rings. The Morgan fingerprint density at radius 1 is 1.38 bits per heavy atom. The SMILES string of the molecule is CCCCOc1ccc(C(=O)N(C)CC/C(N)=N/O)cc1. The summed E-state index contributed by atoms with van der Waals surface area (Å²) in [5.74, 6) is 0.759. The predicted octanol–water partition coefficient (Wildman–Crippen LogP) is 2.07. The van der Waals surface area contributed by atoms with Crippen LogP contribution in [-0.2, 0) is 0 Å². The maximum absolute atomic E-state index is 12.2. The molecule has 0 radical (unpaired) electrons. The molecule has 0 aliphatic heterocycles. The Hall–Kier alpha value is -2.24. The van der Waals surface area contributed by atoms with Crippen molar-refractivity contribution >= 4 is 11.7 Å². The molecular formula is C15H23N3O3. The number of amides is 1. The lowest BCUT2D eigenvalue weighted by Crippen LogP contribution is -2.30. The number of benzene rings is 1. The van der Waals surface area contributed by atoms with E-state index in [1.165, 1.54) is 4.90 Å². The van der Waals surface area contributed by atoms with Crippen molar-refractivity contribution in [3.63, 3.8) is 0 Å². The number of hydrogen-bond donors (Lipinski definition) is 2. The minimum Gasteiger partial charge on any atom is -0.494 e. The van der Waals surface area contributed by atoms with Crippen LogP contribution in [0.1, 0.15) is 36.5 Å². The molecule has 6 nitrogen and oxygen atoms in total. The number of oxime groups is 1. The highest BCUT2D eigenvalue weighted by Gasteiger charge is 2.12. The molecule has 0 heterocycles. The van der Waals surface area contributed by atoms with Crippen molar-refractivity contribution in [1.82, 2.24) is 4.90 Å². The van der Waals surface area contributed by atoms with Crippen LogP contribution in [-0.4, -0.2) is 42.0 Å². The third-order valence-corrected chi connectivity index (χ3v) is 3.05. The number of nitrogens with two attached hydrogens (primary N) is 1. The van der Waals surface area contributed by atoms with Gasteiger partial charge in [0.15, 0.2) is 0 Å². The molecule has 3 N–H and O–H groups in total. The van der Waals surface area contributed by atoms with E-state index in [1.807, 2.05) is 0 Å². The zero-order valence-electron chi connectivity index (χ0n) is 12.6. The lowest BCUT2D eigenvalue weighted by atomic mass is 10.2. The molecule has 1 aromatic carbocycles. The number of rotatable bonds is 8. The Morgan fingerprint density at radius 3 is 2.62 bits per heavy atom. The number of hydrogen-bond acceptors (Lipinski definition) is 4. The number of amidine groups is 1. The van der Waals surface area contributed by atoms with Gasteiger partial charge in [0.1, 0.15) is 11.6 Å². The summed E-state index contributed by atoms with van der Waals surface area (Å²) in [7, 11) is 1.68. The van der Waals surface area contributed by atoms with Crippen LogP contribution in [0.3, 0.4) is 0 Å². The normalized spacial score (nSPS) is 11.2. The van der Waals surface area contributed by atoms with Gasteiger partial charge in [0.2, 0.25) is 0 Å². The zero-order valence-corrected chi connectivity index (χ0v) is 12.6. The third kappa shape index (κ3) is 5.72. The quantitative estimate of drug-likeness (QED) is 0.252. The molecule has 0 bridgehead atoms. The van der Waals surface area contributed by atoms with Gasteiger partial charge in [-0.15, -0.1) is 0 Å². The third-order valence-electron chi connectivity index (χ3n) is 3.05. The molecule has 0 aromatic heterocycles. The van der Waals surface area contributed by atoms with E-state index >= 15 is 0 Å². The maximum atomic E-state index is 12.2. The van der Waals surface area contributed by atoms with Gasteiger partial charge < -0.3 is 20.6 Å². The van der Waals surface area contributed by atoms with Crippen molar-refractivity contribution in [1.29, 1.82) is 0 Å². The van der Waals surface area contributed by atoms with Crippen molar-refractivity contribution in [3.05, 3.63) is 29.8 Å². The Bertz CT molecular complexity index is 472. The Labute approximate surface area is 125 Å². The highest BCUT2D eigenvalue weighted by atomic mass is 16.5. The van der Waals surface area contributed by atoms with Crippen molar-refractivity contribution < 1.29 is 14.7 Å². The second-order valence-electron chi connectivity index (χ2n) is 4.79. The molecule has 0 saturated heterocycles. The summed E-state index contributed by atoms with van der Waals surface area (Å²) in [6.07, 6.45) is 2.43. The van der Waals surface area contributed by atoms with E-state index in [-0.39, 0.29) is 11.7 Å². The van der Waals surface area contributed by atoms with Gasteiger partial charge >= 0.3 is 0 Å². The van der Waals surface area contributed by atoms with Gasteiger partial charge in [-0.05, 0) is 30.7 Å². The summed E-state index contributed by atoms with van der Waals surface area (Å²) in [5.41, 5.74) is 5.97. The topological polar surface area (TPSA) is 88.2 Å². The van der Waals surface area contributed by atoms with Gasteiger partial charge in [-0.2, -0.15) is 0 Å². The number of nitrogens with zero attached hydrogens (tertiary/aromatic N) is 2. The van der Waals surface area contributed by atoms with Crippen molar-refractivity contribution in [2.45, 2.75) is 26.2 Å². The van der Waals surface area contributed by atoms with E-state index in [4.69, 9.17) is 15.7 Å². The highest BCUT2D eigenvalue weighted by molar-refractivity contribution is 5.94. The molecule has 0 atom stereocenters. The molecule has 6 heteroatoms. The fourth-order valence-electron chi connectivity index (χ4n) is 1.68. The number of ether oxygens (including phenoxy) is 1. The van der Waals surface area contributed by atoms with Gasteiger partial charge in [0, 0.05) is 25.6 Å². The van der Waals surface area contributed by atoms with E-state index in [0.717, 1.165) is 18.6 Å². The fraction of sp³-hybridized carbons (Fsp3) is 0.467. The highest BCUT2D eigenvalue weighted by Crippen LogP contribution is 2.14. The van der Waals surface area contributed by atoms with Crippen LogP contribution in [0.25, 0.3) is 0 Å². The largest absolute Gasteiger partial charge is 0.494 e. The van der Waals surface area contributed by atoms with Gasteiger partial charge in [0.05, 0.1) is 6.61 Å². The lowest BCUT2D eigenvalue weighted by Gasteiger charge is -2.17. The predicted molar refractivity (Wildman–Crippen MR) is 81.8 cm³/mol. The molecule has 0 saturated carbocycles. The number of carbonyl (C=O) groups excluding carboxylic acids is 1. The van der Waals surface area contributed by atoms with Crippen LogP contribution in [0.4, 0.5) is 0 Å². The van der Waals surface area contributed by atoms with Gasteiger partial charge in [-0.25, -0.2) is 0 Å². The standard InChI is InChI=1S/C15H23N3O3/c1-3-4-11-21-13-7-5-12(6-8-13)15(19)18(2)10-9-14(16)17-20/h5-8,20H,3-4,9-11H2,1-2H3,(H2,16,17). The van der Waals surface area contributed by atoms with E-state index < -0.39 is 0 Å². The fourth-order valence-corrected chi connectivity index (χ4v) is 1.68. The van der Waals surface area contributed by atoms with E-state index in [1.54, 1.807) is 31.3 Å². The first-order valence-electron chi connectivity index (χ1n) is 7.03. The summed E-state index contributed by atoms with van der Waals surface area (Å²) < 4.78 is 5.55. The summed E-state index contributed by atoms with van der Waals surface area (Å²) in [6.45, 7) is 3.18. The molecule has 21 heavy (non-hydrogen) atoms. The average Bonchev–Trinajstić information content (AvgIpc) is 2.52. The molecule has 0 aliphatic rings. The molecule has 0 aliphatic carbocycles. The summed E-state index contributed by atoms with van der Waals surface area (Å²) >= 11 is 0. The Balaban J connectivity index is 2.53. The van der Waals surface area contributed by atoms with Gasteiger partial charge in [0.25, 0.3) is 5.91 Å². The Morgan fingerprint density at radius 2 is 2.05 bits per heavy atom. The van der Waals surface area contributed by atoms with Crippen LogP contribution in [0, 0.1) is 0 Å². The van der Waals surface area contributed by atoms with E-state index in [0.29, 0.717) is 25.1 Å². The average molecular weight is 293 g/mol. The monoisotopic (exact) mass is 293 g/mol. The minimum atomic E-state index is -0.110. The first kappa shape index (κ1) is 16.8. The van der Waals surface area contributed by atoms with Crippen LogP contribution >= 0.6 is 0 Å². The second-order valence-corrected chi connectivity index (χ2v) is 4.79. The number of carbonyl (C=O) groups is 1. The van der Waals surface area contributed by atoms with E-state index in [9.17, 15) is 4.79 Å². The lowest BCUT2D eigenvalue weighted by molar-refractivity contribution is 0.0798. The van der Waals surface area contributed by atoms with Crippen molar-refractivity contribution in [3.8, 4) is 5.75 Å². The number of unbranched alkanes of at least 4 members (excludes halogenated alkanes) is 1. The first-order valence-corrected chi connectivity index (χ1v) is 7.03. The summed E-state index contributed by atoms with van der Waals surface area (Å²) in [6, 6.07) is 7.06. The zero-order chi connectivity index (χ0) is 15.7. The van der Waals surface area contributed by atoms with Crippen molar-refractivity contribution in [2.75, 3.05) is 20.2 Å². The molecule has 0 unspecified atom stereocenters. The summed E-state index contributed by atoms with van der Waals surface area (Å²) in [4.78, 5) is 13.7. The molecular weight excluding hydrogens is 270 g/mol. The molecule has 1 aromatic rings. The first-order chi connectivity index (χ1) is 10.1. The van der Waals surface area contributed by atoms with Crippen LogP contribution in [0.15, 0.2) is 29.4 Å². The molecule has 1 amide bonds. The molecule has 1 rings (SSSR count). The van der Waals surface area contributed by atoms with E-state index in [2.05, 4.69) is 12.1 Å². The van der Waals surface area contributed by atoms with Gasteiger partial charge in [-0.3, -0.25) is 4.79 Å². The smallest absolute Gasteiger partial charge is 0.253 e. The Kier molecular flexibility index (Phi) is 7.08. The minimum absolute atomic E-state index is 0.106. The van der Waals surface area contributed by atoms with Crippen LogP contribution in [0.5, 0.6) is 5.75 Å². The summed E-state index contributed by atoms with van der Waals surface area (Å²) in [5, 5.41) is 11.3. The molecule has 116 valence electrons. The van der Waals surface area contributed by atoms with Crippen LogP contribution < -0.4 is 10.5 Å². The van der Waals surface area contributed by atoms with Crippen LogP contribution in [0.2, 0.25) is 0 Å².